The summed E-state index contributed by atoms with van der Waals surface area (Å²) in [5.74, 6) is -0.754. The van der Waals surface area contributed by atoms with Crippen molar-refractivity contribution in [2.75, 3.05) is 23.3 Å². The van der Waals surface area contributed by atoms with Gasteiger partial charge in [-0.15, -0.1) is 0 Å². The van der Waals surface area contributed by atoms with Crippen molar-refractivity contribution in [1.82, 2.24) is 0 Å². The number of anilines is 2. The van der Waals surface area contributed by atoms with Crippen LogP contribution in [0.3, 0.4) is 0 Å². The number of carbonyl (C=O) groups excluding carboxylic acids is 2. The predicted molar refractivity (Wildman–Crippen MR) is 121 cm³/mol. The minimum absolute atomic E-state index is 0.0601. The number of benzene rings is 3. The average molecular weight is 451 g/mol. The summed E-state index contributed by atoms with van der Waals surface area (Å²) in [6.45, 7) is 0.567. The van der Waals surface area contributed by atoms with Gasteiger partial charge >= 0.3 is 5.97 Å². The lowest BCUT2D eigenvalue weighted by molar-refractivity contribution is 0.0602. The predicted octanol–water partition coefficient (Wildman–Crippen LogP) is 3.87. The molecule has 1 aliphatic heterocycles. The van der Waals surface area contributed by atoms with Crippen LogP contribution in [-0.2, 0) is 21.2 Å². The first kappa shape index (κ1) is 21.6. The molecule has 4 rings (SSSR count). The van der Waals surface area contributed by atoms with E-state index in [1.807, 2.05) is 18.2 Å². The number of carbonyl (C=O) groups is 2. The van der Waals surface area contributed by atoms with E-state index in [2.05, 4.69) is 4.72 Å². The smallest absolute Gasteiger partial charge is 0.339 e. The van der Waals surface area contributed by atoms with Gasteiger partial charge in [-0.05, 0) is 60.9 Å². The third kappa shape index (κ3) is 4.22. The fourth-order valence-electron chi connectivity index (χ4n) is 3.75. The Hall–Kier alpha value is -3.65. The number of para-hydroxylation sites is 1. The van der Waals surface area contributed by atoms with Gasteiger partial charge in [0.2, 0.25) is 0 Å². The molecular weight excluding hydrogens is 428 g/mol. The standard InChI is InChI=1S/C24H22N2O5S/c1-31-24(28)20-11-5-6-12-21(20)25-32(29,30)19-13-14-22-18(16-19)10-7-15-26(22)23(27)17-8-3-2-4-9-17/h2-6,8-9,11-14,16,25H,7,10,15H2,1H3. The second kappa shape index (κ2) is 8.84. The molecule has 0 spiro atoms. The molecule has 0 unspecified atom stereocenters. The highest BCUT2D eigenvalue weighted by molar-refractivity contribution is 7.92. The average Bonchev–Trinajstić information content (AvgIpc) is 2.83. The van der Waals surface area contributed by atoms with Gasteiger partial charge in [0.05, 0.1) is 23.3 Å². The number of hydrogen-bond acceptors (Lipinski definition) is 5. The second-order valence-corrected chi connectivity index (χ2v) is 9.04. The van der Waals surface area contributed by atoms with E-state index in [1.54, 1.807) is 41.3 Å². The molecule has 1 heterocycles. The van der Waals surface area contributed by atoms with Gasteiger partial charge < -0.3 is 9.64 Å². The molecule has 1 amide bonds. The van der Waals surface area contributed by atoms with Gasteiger partial charge in [-0.1, -0.05) is 30.3 Å². The van der Waals surface area contributed by atoms with Crippen LogP contribution in [-0.4, -0.2) is 33.9 Å². The van der Waals surface area contributed by atoms with Crippen LogP contribution in [0.2, 0.25) is 0 Å². The van der Waals surface area contributed by atoms with Crippen LogP contribution >= 0.6 is 0 Å². The van der Waals surface area contributed by atoms with Crippen LogP contribution in [0.4, 0.5) is 11.4 Å². The van der Waals surface area contributed by atoms with E-state index in [0.717, 1.165) is 12.0 Å². The Morgan fingerprint density at radius 3 is 2.44 bits per heavy atom. The van der Waals surface area contributed by atoms with Gasteiger partial charge in [-0.3, -0.25) is 9.52 Å². The fraction of sp³-hybridized carbons (Fsp3) is 0.167. The number of amides is 1. The number of methoxy groups -OCH3 is 1. The summed E-state index contributed by atoms with van der Waals surface area (Å²) < 4.78 is 33.3. The first-order valence-electron chi connectivity index (χ1n) is 10.1. The van der Waals surface area contributed by atoms with Crippen LogP contribution in [0.15, 0.2) is 77.7 Å². The monoisotopic (exact) mass is 450 g/mol. The van der Waals surface area contributed by atoms with Crippen LogP contribution < -0.4 is 9.62 Å². The normalized spacial score (nSPS) is 13.2. The van der Waals surface area contributed by atoms with Gasteiger partial charge in [0.25, 0.3) is 15.9 Å². The number of fused-ring (bicyclic) bond motifs is 1. The van der Waals surface area contributed by atoms with E-state index in [4.69, 9.17) is 4.74 Å². The van der Waals surface area contributed by atoms with Crippen LogP contribution in [0, 0.1) is 0 Å². The number of ether oxygens (including phenoxy) is 1. The maximum atomic E-state index is 13.0. The van der Waals surface area contributed by atoms with E-state index in [-0.39, 0.29) is 22.1 Å². The summed E-state index contributed by atoms with van der Waals surface area (Å²) in [4.78, 5) is 26.7. The molecule has 1 aliphatic rings. The lowest BCUT2D eigenvalue weighted by Gasteiger charge is -2.30. The van der Waals surface area contributed by atoms with Gasteiger partial charge in [0, 0.05) is 17.8 Å². The van der Waals surface area contributed by atoms with Gasteiger partial charge in [0.1, 0.15) is 0 Å². The van der Waals surface area contributed by atoms with Gasteiger partial charge in [-0.2, -0.15) is 0 Å². The van der Waals surface area contributed by atoms with Crippen molar-refractivity contribution in [2.24, 2.45) is 0 Å². The maximum Gasteiger partial charge on any atom is 0.339 e. The first-order chi connectivity index (χ1) is 15.4. The van der Waals surface area contributed by atoms with Crippen molar-refractivity contribution < 1.29 is 22.7 Å². The highest BCUT2D eigenvalue weighted by Crippen LogP contribution is 2.31. The molecule has 0 bridgehead atoms. The summed E-state index contributed by atoms with van der Waals surface area (Å²) in [6, 6.07) is 20.0. The molecule has 0 fully saturated rings. The lowest BCUT2D eigenvalue weighted by atomic mass is 10.0. The van der Waals surface area contributed by atoms with Crippen LogP contribution in [0.1, 0.15) is 32.7 Å². The number of hydrogen-bond donors (Lipinski definition) is 1. The second-order valence-electron chi connectivity index (χ2n) is 7.36. The van der Waals surface area contributed by atoms with Crippen molar-refractivity contribution in [3.63, 3.8) is 0 Å². The summed E-state index contributed by atoms with van der Waals surface area (Å²) in [7, 11) is -2.73. The summed E-state index contributed by atoms with van der Waals surface area (Å²) in [5.41, 5.74) is 2.33. The fourth-order valence-corrected chi connectivity index (χ4v) is 4.88. The number of nitrogens with zero attached hydrogens (tertiary/aromatic N) is 1. The quantitative estimate of drug-likeness (QED) is 0.596. The first-order valence-corrected chi connectivity index (χ1v) is 11.6. The zero-order valence-corrected chi connectivity index (χ0v) is 18.3. The molecule has 0 aromatic heterocycles. The van der Waals surface area contributed by atoms with Crippen molar-refractivity contribution >= 4 is 33.3 Å². The molecule has 32 heavy (non-hydrogen) atoms. The van der Waals surface area contributed by atoms with E-state index < -0.39 is 16.0 Å². The zero-order valence-electron chi connectivity index (χ0n) is 17.4. The van der Waals surface area contributed by atoms with E-state index >= 15 is 0 Å². The Bertz CT molecular complexity index is 1270. The maximum absolute atomic E-state index is 13.0. The van der Waals surface area contributed by atoms with E-state index in [1.165, 1.54) is 25.3 Å². The van der Waals surface area contributed by atoms with Crippen LogP contribution in [0.25, 0.3) is 0 Å². The summed E-state index contributed by atoms with van der Waals surface area (Å²) in [5, 5.41) is 0. The molecule has 0 saturated heterocycles. The van der Waals surface area contributed by atoms with Crippen molar-refractivity contribution in [1.29, 1.82) is 0 Å². The van der Waals surface area contributed by atoms with Gasteiger partial charge in [0.15, 0.2) is 0 Å². The SMILES string of the molecule is COC(=O)c1ccccc1NS(=O)(=O)c1ccc2c(c1)CCCN2C(=O)c1ccccc1. The van der Waals surface area contributed by atoms with E-state index in [0.29, 0.717) is 24.2 Å². The Labute approximate surface area is 186 Å². The Balaban J connectivity index is 1.64. The molecular formula is C24H22N2O5S. The van der Waals surface area contributed by atoms with Crippen LogP contribution in [0.5, 0.6) is 0 Å². The van der Waals surface area contributed by atoms with Crippen molar-refractivity contribution in [2.45, 2.75) is 17.7 Å². The Morgan fingerprint density at radius 1 is 0.969 bits per heavy atom. The van der Waals surface area contributed by atoms with E-state index in [9.17, 15) is 18.0 Å². The summed E-state index contributed by atoms with van der Waals surface area (Å²) >= 11 is 0. The lowest BCUT2D eigenvalue weighted by Crippen LogP contribution is -2.35. The molecule has 0 atom stereocenters. The number of rotatable bonds is 5. The molecule has 0 saturated carbocycles. The molecule has 164 valence electrons. The molecule has 3 aromatic rings. The molecule has 7 nitrogen and oxygen atoms in total. The zero-order chi connectivity index (χ0) is 22.7. The molecule has 1 N–H and O–H groups in total. The number of aryl methyl sites for hydroxylation is 1. The minimum atomic E-state index is -3.96. The number of nitrogens with one attached hydrogen (secondary N) is 1. The topological polar surface area (TPSA) is 92.8 Å². The summed E-state index contributed by atoms with van der Waals surface area (Å²) in [6.07, 6.45) is 1.39. The third-order valence-corrected chi connectivity index (χ3v) is 6.69. The highest BCUT2D eigenvalue weighted by atomic mass is 32.2. The number of sulfonamides is 1. The molecule has 0 aliphatic carbocycles. The van der Waals surface area contributed by atoms with Gasteiger partial charge in [-0.25, -0.2) is 13.2 Å². The minimum Gasteiger partial charge on any atom is -0.465 e. The largest absolute Gasteiger partial charge is 0.465 e. The molecule has 8 heteroatoms. The van der Waals surface area contributed by atoms with Crippen molar-refractivity contribution in [3.8, 4) is 0 Å². The number of esters is 1. The Kier molecular flexibility index (Phi) is 5.96. The van der Waals surface area contributed by atoms with Crippen molar-refractivity contribution in [3.05, 3.63) is 89.5 Å². The third-order valence-electron chi connectivity index (χ3n) is 5.32. The Morgan fingerprint density at radius 2 is 1.69 bits per heavy atom. The molecule has 0 radical (unpaired) electrons. The molecule has 3 aromatic carbocycles. The highest BCUT2D eigenvalue weighted by Gasteiger charge is 2.26.